The molecular weight excluding hydrogens is 220 g/mol. The monoisotopic (exact) mass is 244 g/mol. The zero-order valence-electron chi connectivity index (χ0n) is 10.5. The molecule has 0 N–H and O–H groups in total. The van der Waals surface area contributed by atoms with E-state index in [0.717, 1.165) is 17.8 Å². The van der Waals surface area contributed by atoms with Gasteiger partial charge in [-0.05, 0) is 64.7 Å². The molecule has 0 aromatic rings. The van der Waals surface area contributed by atoms with Crippen LogP contribution < -0.4 is 0 Å². The van der Waals surface area contributed by atoms with Gasteiger partial charge in [-0.25, -0.2) is 0 Å². The van der Waals surface area contributed by atoms with Crippen molar-refractivity contribution in [3.8, 4) is 0 Å². The number of hydrogen-bond donors (Lipinski definition) is 0. The van der Waals surface area contributed by atoms with Crippen LogP contribution in [0.15, 0.2) is 0 Å². The van der Waals surface area contributed by atoms with Crippen molar-refractivity contribution in [3.63, 3.8) is 0 Å². The fraction of sp³-hybridized carbons (Fsp3) is 1.00. The summed E-state index contributed by atoms with van der Waals surface area (Å²) in [6.45, 7) is 5.21. The predicted octanol–water partition coefficient (Wildman–Crippen LogP) is 2.42. The fourth-order valence-electron chi connectivity index (χ4n) is 3.36. The maximum absolute atomic E-state index is 5.72. The maximum atomic E-state index is 5.72. The van der Waals surface area contributed by atoms with Crippen LogP contribution in [-0.2, 0) is 0 Å². The van der Waals surface area contributed by atoms with E-state index in [9.17, 15) is 0 Å². The Morgan fingerprint density at radius 3 is 2.88 bits per heavy atom. The van der Waals surface area contributed by atoms with Gasteiger partial charge in [0.25, 0.3) is 0 Å². The highest BCUT2D eigenvalue weighted by atomic mass is 35.5. The summed E-state index contributed by atoms with van der Waals surface area (Å²) in [6, 6.07) is 0.873. The molecular formula is C13H25ClN2. The number of nitrogens with zero attached hydrogens (tertiary/aromatic N) is 2. The van der Waals surface area contributed by atoms with Crippen LogP contribution in [-0.4, -0.2) is 54.9 Å². The summed E-state index contributed by atoms with van der Waals surface area (Å²) in [5.41, 5.74) is 0. The Kier molecular flexibility index (Phi) is 4.93. The second-order valence-electron chi connectivity index (χ2n) is 5.44. The third kappa shape index (κ3) is 3.12. The van der Waals surface area contributed by atoms with Gasteiger partial charge in [0.05, 0.1) is 0 Å². The molecule has 0 saturated carbocycles. The molecule has 16 heavy (non-hydrogen) atoms. The molecule has 2 fully saturated rings. The highest BCUT2D eigenvalue weighted by Crippen LogP contribution is 2.29. The molecule has 2 atom stereocenters. The second kappa shape index (κ2) is 6.23. The Balaban J connectivity index is 1.76. The van der Waals surface area contributed by atoms with Crippen molar-refractivity contribution < 1.29 is 0 Å². The van der Waals surface area contributed by atoms with Gasteiger partial charge in [-0.2, -0.15) is 0 Å². The lowest BCUT2D eigenvalue weighted by Gasteiger charge is -2.46. The van der Waals surface area contributed by atoms with E-state index in [2.05, 4.69) is 16.8 Å². The van der Waals surface area contributed by atoms with E-state index >= 15 is 0 Å². The smallest absolute Gasteiger partial charge is 0.0223 e. The summed E-state index contributed by atoms with van der Waals surface area (Å²) in [4.78, 5) is 5.25. The van der Waals surface area contributed by atoms with Crippen LogP contribution in [0.1, 0.15) is 32.1 Å². The van der Waals surface area contributed by atoms with Crippen LogP contribution in [0.25, 0.3) is 0 Å². The molecule has 3 heteroatoms. The maximum Gasteiger partial charge on any atom is 0.0223 e. The molecule has 2 rings (SSSR count). The first-order valence-corrected chi connectivity index (χ1v) is 7.33. The van der Waals surface area contributed by atoms with E-state index < -0.39 is 0 Å². The Hall–Kier alpha value is 0.210. The van der Waals surface area contributed by atoms with Crippen molar-refractivity contribution in [1.29, 1.82) is 0 Å². The van der Waals surface area contributed by atoms with Crippen molar-refractivity contribution in [1.82, 2.24) is 9.80 Å². The average Bonchev–Trinajstić information content (AvgIpc) is 2.30. The van der Waals surface area contributed by atoms with Gasteiger partial charge >= 0.3 is 0 Å². The van der Waals surface area contributed by atoms with E-state index in [1.165, 1.54) is 58.3 Å². The summed E-state index contributed by atoms with van der Waals surface area (Å²) in [5, 5.41) is 0. The van der Waals surface area contributed by atoms with Crippen LogP contribution in [0.4, 0.5) is 0 Å². The molecule has 2 unspecified atom stereocenters. The van der Waals surface area contributed by atoms with E-state index in [-0.39, 0.29) is 0 Å². The highest BCUT2D eigenvalue weighted by Gasteiger charge is 2.33. The lowest BCUT2D eigenvalue weighted by Crippen LogP contribution is -2.52. The van der Waals surface area contributed by atoms with Crippen LogP contribution in [0.5, 0.6) is 0 Å². The van der Waals surface area contributed by atoms with Gasteiger partial charge in [-0.1, -0.05) is 0 Å². The highest BCUT2D eigenvalue weighted by molar-refractivity contribution is 6.17. The third-order valence-electron chi connectivity index (χ3n) is 4.29. The molecule has 0 aliphatic carbocycles. The van der Waals surface area contributed by atoms with Crippen LogP contribution in [0.3, 0.4) is 0 Å². The van der Waals surface area contributed by atoms with Gasteiger partial charge in [-0.15, -0.1) is 11.6 Å². The minimum absolute atomic E-state index is 0.822. The SMILES string of the molecule is CN1CCCC2CN(CCCCCl)CCC21. The first-order chi connectivity index (χ1) is 7.81. The van der Waals surface area contributed by atoms with Gasteiger partial charge in [0.2, 0.25) is 0 Å². The van der Waals surface area contributed by atoms with Gasteiger partial charge in [-0.3, -0.25) is 0 Å². The van der Waals surface area contributed by atoms with Crippen molar-refractivity contribution in [2.75, 3.05) is 39.1 Å². The molecule has 2 saturated heterocycles. The molecule has 0 aromatic carbocycles. The van der Waals surface area contributed by atoms with Gasteiger partial charge in [0, 0.05) is 18.5 Å². The zero-order chi connectivity index (χ0) is 11.4. The largest absolute Gasteiger partial charge is 0.303 e. The first kappa shape index (κ1) is 12.7. The Labute approximate surface area is 105 Å². The Morgan fingerprint density at radius 2 is 2.06 bits per heavy atom. The number of alkyl halides is 1. The molecule has 0 aromatic heterocycles. The van der Waals surface area contributed by atoms with Crippen LogP contribution >= 0.6 is 11.6 Å². The number of halogens is 1. The van der Waals surface area contributed by atoms with E-state index in [0.29, 0.717) is 0 Å². The predicted molar refractivity (Wildman–Crippen MR) is 70.2 cm³/mol. The lowest BCUT2D eigenvalue weighted by atomic mass is 9.84. The molecule has 0 amide bonds. The molecule has 2 heterocycles. The summed E-state index contributed by atoms with van der Waals surface area (Å²) in [5.74, 6) is 1.76. The summed E-state index contributed by atoms with van der Waals surface area (Å²) in [6.07, 6.45) is 6.67. The number of rotatable bonds is 4. The molecule has 0 spiro atoms. The standard InChI is InChI=1S/C13H25ClN2/c1-15-8-4-5-12-11-16(9-3-2-7-14)10-6-13(12)15/h12-13H,2-11H2,1H3. The van der Waals surface area contributed by atoms with E-state index in [1.54, 1.807) is 0 Å². The molecule has 2 aliphatic heterocycles. The Morgan fingerprint density at radius 1 is 1.19 bits per heavy atom. The molecule has 0 bridgehead atoms. The average molecular weight is 245 g/mol. The number of unbranched alkanes of at least 4 members (excludes halogenated alkanes) is 1. The van der Waals surface area contributed by atoms with E-state index in [4.69, 9.17) is 11.6 Å². The van der Waals surface area contributed by atoms with Gasteiger partial charge in [0.15, 0.2) is 0 Å². The van der Waals surface area contributed by atoms with E-state index in [1.807, 2.05) is 0 Å². The first-order valence-electron chi connectivity index (χ1n) is 6.80. The zero-order valence-corrected chi connectivity index (χ0v) is 11.3. The lowest BCUT2D eigenvalue weighted by molar-refractivity contribution is 0.0382. The van der Waals surface area contributed by atoms with Crippen molar-refractivity contribution in [2.24, 2.45) is 5.92 Å². The van der Waals surface area contributed by atoms with Crippen molar-refractivity contribution in [3.05, 3.63) is 0 Å². The molecule has 94 valence electrons. The Bertz CT molecular complexity index is 210. The third-order valence-corrected chi connectivity index (χ3v) is 4.56. The van der Waals surface area contributed by atoms with Gasteiger partial charge in [0.1, 0.15) is 0 Å². The number of fused-ring (bicyclic) bond motifs is 1. The second-order valence-corrected chi connectivity index (χ2v) is 5.81. The van der Waals surface area contributed by atoms with Gasteiger partial charge < -0.3 is 9.80 Å². The summed E-state index contributed by atoms with van der Waals surface area (Å²) >= 11 is 5.72. The number of piperidine rings is 2. The summed E-state index contributed by atoms with van der Waals surface area (Å²) in [7, 11) is 2.31. The minimum Gasteiger partial charge on any atom is -0.303 e. The topological polar surface area (TPSA) is 6.48 Å². The number of likely N-dealkylation sites (tertiary alicyclic amines) is 2. The summed E-state index contributed by atoms with van der Waals surface area (Å²) < 4.78 is 0. The quantitative estimate of drug-likeness (QED) is 0.554. The van der Waals surface area contributed by atoms with Crippen LogP contribution in [0.2, 0.25) is 0 Å². The number of hydrogen-bond acceptors (Lipinski definition) is 2. The molecule has 0 radical (unpaired) electrons. The minimum atomic E-state index is 0.822. The normalized spacial score (nSPS) is 32.6. The van der Waals surface area contributed by atoms with Crippen molar-refractivity contribution >= 4 is 11.6 Å². The van der Waals surface area contributed by atoms with Crippen LogP contribution in [0, 0.1) is 5.92 Å². The van der Waals surface area contributed by atoms with Crippen molar-refractivity contribution in [2.45, 2.75) is 38.1 Å². The molecule has 2 aliphatic rings. The molecule has 2 nitrogen and oxygen atoms in total. The fourth-order valence-corrected chi connectivity index (χ4v) is 3.55.